The fourth-order valence-corrected chi connectivity index (χ4v) is 4.07. The number of thiazole rings is 1. The SMILES string of the molecule is CCCNC(=S)N1CCC[C@@H]1c1nc2ccccc2s1. The molecule has 1 N–H and O–H groups in total. The van der Waals surface area contributed by atoms with Crippen LogP contribution < -0.4 is 5.32 Å². The first-order valence-electron chi connectivity index (χ1n) is 7.19. The number of fused-ring (bicyclic) bond motifs is 1. The van der Waals surface area contributed by atoms with E-state index < -0.39 is 0 Å². The van der Waals surface area contributed by atoms with Crippen molar-refractivity contribution in [3.05, 3.63) is 29.3 Å². The number of nitrogens with zero attached hydrogens (tertiary/aromatic N) is 2. The number of nitrogens with one attached hydrogen (secondary N) is 1. The minimum atomic E-state index is 0.351. The first kappa shape index (κ1) is 13.8. The quantitative estimate of drug-likeness (QED) is 0.875. The van der Waals surface area contributed by atoms with E-state index in [-0.39, 0.29) is 0 Å². The van der Waals surface area contributed by atoms with Gasteiger partial charge in [-0.25, -0.2) is 4.98 Å². The molecule has 1 aliphatic heterocycles. The highest BCUT2D eigenvalue weighted by molar-refractivity contribution is 7.80. The van der Waals surface area contributed by atoms with E-state index in [1.807, 2.05) is 6.07 Å². The van der Waals surface area contributed by atoms with Gasteiger partial charge in [0.25, 0.3) is 0 Å². The van der Waals surface area contributed by atoms with Crippen LogP contribution in [0.5, 0.6) is 0 Å². The van der Waals surface area contributed by atoms with Gasteiger partial charge in [-0.3, -0.25) is 0 Å². The molecular weight excluding hydrogens is 286 g/mol. The Labute approximate surface area is 129 Å². The molecule has 2 heterocycles. The molecule has 1 aromatic carbocycles. The van der Waals surface area contributed by atoms with Crippen molar-refractivity contribution in [2.75, 3.05) is 13.1 Å². The van der Waals surface area contributed by atoms with Crippen molar-refractivity contribution in [1.29, 1.82) is 0 Å². The van der Waals surface area contributed by atoms with E-state index in [1.165, 1.54) is 16.1 Å². The topological polar surface area (TPSA) is 28.2 Å². The van der Waals surface area contributed by atoms with Crippen molar-refractivity contribution in [2.45, 2.75) is 32.2 Å². The molecule has 0 saturated carbocycles. The largest absolute Gasteiger partial charge is 0.363 e. The number of hydrogen-bond acceptors (Lipinski definition) is 3. The van der Waals surface area contributed by atoms with E-state index in [9.17, 15) is 0 Å². The highest BCUT2D eigenvalue weighted by Crippen LogP contribution is 2.36. The molecule has 1 aromatic heterocycles. The van der Waals surface area contributed by atoms with Crippen LogP contribution >= 0.6 is 23.6 Å². The van der Waals surface area contributed by atoms with Gasteiger partial charge < -0.3 is 10.2 Å². The smallest absolute Gasteiger partial charge is 0.169 e. The molecule has 0 aliphatic carbocycles. The number of likely N-dealkylation sites (tertiary alicyclic amines) is 1. The van der Waals surface area contributed by atoms with E-state index in [0.29, 0.717) is 6.04 Å². The summed E-state index contributed by atoms with van der Waals surface area (Å²) in [5.41, 5.74) is 1.10. The molecule has 2 aromatic rings. The standard InChI is InChI=1S/C15H19N3S2/c1-2-9-16-15(19)18-10-5-7-12(18)14-17-11-6-3-4-8-13(11)20-14/h3-4,6,8,12H,2,5,7,9-10H2,1H3,(H,16,19)/t12-/m1/s1. The summed E-state index contributed by atoms with van der Waals surface area (Å²) in [5, 5.41) is 5.42. The number of hydrogen-bond donors (Lipinski definition) is 1. The summed E-state index contributed by atoms with van der Waals surface area (Å²) in [6, 6.07) is 8.70. The minimum absolute atomic E-state index is 0.351. The predicted octanol–water partition coefficient (Wildman–Crippen LogP) is 3.72. The van der Waals surface area contributed by atoms with Crippen molar-refractivity contribution in [1.82, 2.24) is 15.2 Å². The molecule has 20 heavy (non-hydrogen) atoms. The van der Waals surface area contributed by atoms with Crippen LogP contribution in [-0.2, 0) is 0 Å². The van der Waals surface area contributed by atoms with Crippen molar-refractivity contribution in [3.8, 4) is 0 Å². The lowest BCUT2D eigenvalue weighted by molar-refractivity contribution is 0.393. The van der Waals surface area contributed by atoms with E-state index >= 15 is 0 Å². The van der Waals surface area contributed by atoms with Gasteiger partial charge in [-0.05, 0) is 43.6 Å². The molecule has 1 atom stereocenters. The van der Waals surface area contributed by atoms with E-state index in [0.717, 1.165) is 36.6 Å². The second-order valence-electron chi connectivity index (χ2n) is 5.10. The molecule has 3 rings (SSSR count). The highest BCUT2D eigenvalue weighted by Gasteiger charge is 2.30. The molecule has 0 spiro atoms. The predicted molar refractivity (Wildman–Crippen MR) is 89.2 cm³/mol. The third-order valence-corrected chi connectivity index (χ3v) is 5.15. The maximum Gasteiger partial charge on any atom is 0.169 e. The van der Waals surface area contributed by atoms with Crippen LogP contribution in [-0.4, -0.2) is 28.1 Å². The highest BCUT2D eigenvalue weighted by atomic mass is 32.1. The first-order chi connectivity index (χ1) is 9.79. The molecule has 0 radical (unpaired) electrons. The summed E-state index contributed by atoms with van der Waals surface area (Å²) in [7, 11) is 0. The second kappa shape index (κ2) is 6.06. The Morgan fingerprint density at radius 3 is 3.15 bits per heavy atom. The third-order valence-electron chi connectivity index (χ3n) is 3.64. The molecule has 106 valence electrons. The fraction of sp³-hybridized carbons (Fsp3) is 0.467. The number of rotatable bonds is 3. The molecule has 0 unspecified atom stereocenters. The summed E-state index contributed by atoms with van der Waals surface area (Å²) in [6.45, 7) is 4.14. The van der Waals surface area contributed by atoms with Crippen LogP contribution in [0.25, 0.3) is 10.2 Å². The average Bonchev–Trinajstić information content (AvgIpc) is 3.09. The minimum Gasteiger partial charge on any atom is -0.363 e. The van der Waals surface area contributed by atoms with Crippen LogP contribution in [0, 0.1) is 0 Å². The molecular formula is C15H19N3S2. The Morgan fingerprint density at radius 1 is 1.50 bits per heavy atom. The Hall–Kier alpha value is -1.20. The van der Waals surface area contributed by atoms with Crippen LogP contribution in [0.1, 0.15) is 37.2 Å². The van der Waals surface area contributed by atoms with E-state index in [4.69, 9.17) is 17.2 Å². The lowest BCUT2D eigenvalue weighted by atomic mass is 10.2. The Morgan fingerprint density at radius 2 is 2.35 bits per heavy atom. The van der Waals surface area contributed by atoms with Gasteiger partial charge >= 0.3 is 0 Å². The number of para-hydroxylation sites is 1. The van der Waals surface area contributed by atoms with Crippen molar-refractivity contribution >= 4 is 38.9 Å². The van der Waals surface area contributed by atoms with Crippen molar-refractivity contribution in [3.63, 3.8) is 0 Å². The molecule has 0 amide bonds. The van der Waals surface area contributed by atoms with E-state index in [2.05, 4.69) is 35.3 Å². The van der Waals surface area contributed by atoms with Gasteiger partial charge in [-0.15, -0.1) is 11.3 Å². The maximum atomic E-state index is 5.53. The molecule has 5 heteroatoms. The van der Waals surface area contributed by atoms with Gasteiger partial charge in [0, 0.05) is 13.1 Å². The van der Waals surface area contributed by atoms with Crippen LogP contribution in [0.15, 0.2) is 24.3 Å². The van der Waals surface area contributed by atoms with Crippen molar-refractivity contribution < 1.29 is 0 Å². The van der Waals surface area contributed by atoms with Gasteiger partial charge in [-0.2, -0.15) is 0 Å². The number of benzene rings is 1. The summed E-state index contributed by atoms with van der Waals surface area (Å²) >= 11 is 7.33. The fourth-order valence-electron chi connectivity index (χ4n) is 2.63. The van der Waals surface area contributed by atoms with Gasteiger partial charge in [0.2, 0.25) is 0 Å². The third kappa shape index (κ3) is 2.65. The summed E-state index contributed by atoms with van der Waals surface area (Å²) in [4.78, 5) is 7.11. The zero-order valence-corrected chi connectivity index (χ0v) is 13.3. The Kier molecular flexibility index (Phi) is 4.17. The van der Waals surface area contributed by atoms with Gasteiger partial charge in [0.05, 0.1) is 16.3 Å². The normalized spacial score (nSPS) is 18.6. The Balaban J connectivity index is 1.82. The molecule has 1 aliphatic rings. The van der Waals surface area contributed by atoms with Crippen molar-refractivity contribution in [2.24, 2.45) is 0 Å². The summed E-state index contributed by atoms with van der Waals surface area (Å²) in [5.74, 6) is 0. The molecule has 1 saturated heterocycles. The zero-order valence-electron chi connectivity index (χ0n) is 11.6. The molecule has 3 nitrogen and oxygen atoms in total. The number of aromatic nitrogens is 1. The lowest BCUT2D eigenvalue weighted by Gasteiger charge is -2.26. The molecule has 1 fully saturated rings. The zero-order chi connectivity index (χ0) is 13.9. The second-order valence-corrected chi connectivity index (χ2v) is 6.55. The van der Waals surface area contributed by atoms with Gasteiger partial charge in [-0.1, -0.05) is 19.1 Å². The lowest BCUT2D eigenvalue weighted by Crippen LogP contribution is -2.39. The van der Waals surface area contributed by atoms with Gasteiger partial charge in [0.1, 0.15) is 5.01 Å². The van der Waals surface area contributed by atoms with Crippen LogP contribution in [0.4, 0.5) is 0 Å². The number of thiocarbonyl (C=S) groups is 1. The first-order valence-corrected chi connectivity index (χ1v) is 8.42. The Bertz CT molecular complexity index is 575. The maximum absolute atomic E-state index is 5.53. The van der Waals surface area contributed by atoms with Crippen LogP contribution in [0.2, 0.25) is 0 Å². The van der Waals surface area contributed by atoms with E-state index in [1.54, 1.807) is 11.3 Å². The summed E-state index contributed by atoms with van der Waals surface area (Å²) in [6.07, 6.45) is 3.43. The molecule has 0 bridgehead atoms. The van der Waals surface area contributed by atoms with Gasteiger partial charge in [0.15, 0.2) is 5.11 Å². The summed E-state index contributed by atoms with van der Waals surface area (Å²) < 4.78 is 1.27. The monoisotopic (exact) mass is 305 g/mol. The van der Waals surface area contributed by atoms with Crippen LogP contribution in [0.3, 0.4) is 0 Å². The average molecular weight is 305 g/mol.